The summed E-state index contributed by atoms with van der Waals surface area (Å²) < 4.78 is 0. The Morgan fingerprint density at radius 1 is 1.24 bits per heavy atom. The Morgan fingerprint density at radius 3 is 2.71 bits per heavy atom. The summed E-state index contributed by atoms with van der Waals surface area (Å²) in [5.41, 5.74) is 1.39. The first kappa shape index (κ1) is 11.9. The maximum atomic E-state index is 8.60. The number of rotatable bonds is 3. The van der Waals surface area contributed by atoms with E-state index in [1.54, 1.807) is 6.20 Å². The fourth-order valence-electron chi connectivity index (χ4n) is 1.22. The van der Waals surface area contributed by atoms with Gasteiger partial charge in [0.15, 0.2) is 5.69 Å². The van der Waals surface area contributed by atoms with Crippen LogP contribution in [-0.2, 0) is 5.75 Å². The molecule has 5 heteroatoms. The van der Waals surface area contributed by atoms with Gasteiger partial charge in [0.1, 0.15) is 11.1 Å². The lowest BCUT2D eigenvalue weighted by Gasteiger charge is -2.02. The van der Waals surface area contributed by atoms with Gasteiger partial charge in [0.25, 0.3) is 0 Å². The number of hydrogen-bond donors (Lipinski definition) is 0. The molecule has 1 aromatic heterocycles. The molecule has 0 fully saturated rings. The maximum Gasteiger partial charge on any atom is 0.158 e. The smallest absolute Gasteiger partial charge is 0.158 e. The summed E-state index contributed by atoms with van der Waals surface area (Å²) in [6.07, 6.45) is 3.06. The van der Waals surface area contributed by atoms with Gasteiger partial charge in [-0.1, -0.05) is 29.8 Å². The standard InChI is InChI=1S/C12H8ClN3S/c13-11-4-2-1-3-9(11)8-17-12-7-15-10(5-14)6-16-12/h1-4,6-7H,8H2. The maximum absolute atomic E-state index is 8.60. The molecule has 2 rings (SSSR count). The average Bonchev–Trinajstić information content (AvgIpc) is 2.38. The lowest BCUT2D eigenvalue weighted by molar-refractivity contribution is 1.04. The molecule has 0 radical (unpaired) electrons. The van der Waals surface area contributed by atoms with E-state index in [1.807, 2.05) is 30.3 Å². The Morgan fingerprint density at radius 2 is 2.06 bits per heavy atom. The third-order valence-electron chi connectivity index (χ3n) is 2.08. The highest BCUT2D eigenvalue weighted by atomic mass is 35.5. The van der Waals surface area contributed by atoms with Crippen LogP contribution in [0.25, 0.3) is 0 Å². The third-order valence-corrected chi connectivity index (χ3v) is 3.41. The van der Waals surface area contributed by atoms with Crippen LogP contribution in [0.1, 0.15) is 11.3 Å². The number of nitrogens with zero attached hydrogens (tertiary/aromatic N) is 3. The van der Waals surface area contributed by atoms with Crippen LogP contribution in [0.3, 0.4) is 0 Å². The fraction of sp³-hybridized carbons (Fsp3) is 0.0833. The molecule has 0 amide bonds. The SMILES string of the molecule is N#Cc1cnc(SCc2ccccc2Cl)cn1. The Hall–Kier alpha value is -1.57. The zero-order chi connectivity index (χ0) is 12.1. The highest BCUT2D eigenvalue weighted by molar-refractivity contribution is 7.98. The Balaban J connectivity index is 2.03. The summed E-state index contributed by atoms with van der Waals surface area (Å²) >= 11 is 7.59. The van der Waals surface area contributed by atoms with Crippen molar-refractivity contribution in [1.82, 2.24) is 9.97 Å². The molecule has 0 N–H and O–H groups in total. The summed E-state index contributed by atoms with van der Waals surface area (Å²) in [5.74, 6) is 0.736. The molecule has 0 unspecified atom stereocenters. The highest BCUT2D eigenvalue weighted by Crippen LogP contribution is 2.24. The van der Waals surface area contributed by atoms with Gasteiger partial charge in [-0.25, -0.2) is 9.97 Å². The minimum atomic E-state index is 0.326. The average molecular weight is 262 g/mol. The van der Waals surface area contributed by atoms with Crippen molar-refractivity contribution in [3.8, 4) is 6.07 Å². The van der Waals surface area contributed by atoms with Crippen LogP contribution < -0.4 is 0 Å². The van der Waals surface area contributed by atoms with Crippen molar-refractivity contribution in [2.45, 2.75) is 10.8 Å². The molecule has 0 aliphatic rings. The Labute approximate surface area is 108 Å². The van der Waals surface area contributed by atoms with Crippen molar-refractivity contribution in [3.63, 3.8) is 0 Å². The van der Waals surface area contributed by atoms with E-state index in [0.717, 1.165) is 21.4 Å². The topological polar surface area (TPSA) is 49.6 Å². The molecule has 17 heavy (non-hydrogen) atoms. The number of hydrogen-bond acceptors (Lipinski definition) is 4. The van der Waals surface area contributed by atoms with Crippen molar-refractivity contribution >= 4 is 23.4 Å². The highest BCUT2D eigenvalue weighted by Gasteiger charge is 2.02. The minimum Gasteiger partial charge on any atom is -0.245 e. The van der Waals surface area contributed by atoms with Gasteiger partial charge in [0.2, 0.25) is 0 Å². The molecule has 1 heterocycles. The number of nitriles is 1. The second kappa shape index (κ2) is 5.67. The van der Waals surface area contributed by atoms with E-state index >= 15 is 0 Å². The third kappa shape index (κ3) is 3.19. The second-order valence-corrected chi connectivity index (χ2v) is 4.63. The van der Waals surface area contributed by atoms with Crippen LogP contribution in [0.15, 0.2) is 41.7 Å². The first-order valence-corrected chi connectivity index (χ1v) is 6.24. The zero-order valence-corrected chi connectivity index (χ0v) is 10.4. The van der Waals surface area contributed by atoms with Gasteiger partial charge in [0, 0.05) is 10.8 Å². The molecule has 1 aromatic carbocycles. The van der Waals surface area contributed by atoms with Crippen molar-refractivity contribution in [2.24, 2.45) is 0 Å². The van der Waals surface area contributed by atoms with Crippen LogP contribution in [0.2, 0.25) is 5.02 Å². The van der Waals surface area contributed by atoms with E-state index in [2.05, 4.69) is 9.97 Å². The van der Waals surface area contributed by atoms with Crippen molar-refractivity contribution in [1.29, 1.82) is 5.26 Å². The molecule has 0 aliphatic heterocycles. The van der Waals surface area contributed by atoms with Crippen LogP contribution in [-0.4, -0.2) is 9.97 Å². The van der Waals surface area contributed by atoms with Crippen LogP contribution in [0.5, 0.6) is 0 Å². The van der Waals surface area contributed by atoms with Crippen LogP contribution in [0.4, 0.5) is 0 Å². The van der Waals surface area contributed by atoms with Gasteiger partial charge in [-0.3, -0.25) is 0 Å². The van der Waals surface area contributed by atoms with Gasteiger partial charge >= 0.3 is 0 Å². The zero-order valence-electron chi connectivity index (χ0n) is 8.80. The fourth-order valence-corrected chi connectivity index (χ4v) is 2.31. The van der Waals surface area contributed by atoms with Gasteiger partial charge in [-0.15, -0.1) is 11.8 Å². The minimum absolute atomic E-state index is 0.326. The molecule has 2 aromatic rings. The predicted molar refractivity (Wildman–Crippen MR) is 67.8 cm³/mol. The Kier molecular flexibility index (Phi) is 3.97. The van der Waals surface area contributed by atoms with E-state index in [1.165, 1.54) is 18.0 Å². The summed E-state index contributed by atoms with van der Waals surface area (Å²) in [6.45, 7) is 0. The molecule has 0 aliphatic carbocycles. The molecule has 0 saturated heterocycles. The number of aromatic nitrogens is 2. The molecule has 0 saturated carbocycles. The predicted octanol–water partition coefficient (Wildman–Crippen LogP) is 3.29. The number of benzene rings is 1. The van der Waals surface area contributed by atoms with Gasteiger partial charge in [-0.2, -0.15) is 5.26 Å². The van der Waals surface area contributed by atoms with Crippen molar-refractivity contribution < 1.29 is 0 Å². The number of halogens is 1. The van der Waals surface area contributed by atoms with Crippen LogP contribution in [0, 0.1) is 11.3 Å². The van der Waals surface area contributed by atoms with Crippen molar-refractivity contribution in [2.75, 3.05) is 0 Å². The normalized spacial score (nSPS) is 9.88. The molecule has 3 nitrogen and oxygen atoms in total. The van der Waals surface area contributed by atoms with Crippen molar-refractivity contribution in [3.05, 3.63) is 52.9 Å². The molecule has 84 valence electrons. The summed E-state index contributed by atoms with van der Waals surface area (Å²) in [4.78, 5) is 8.08. The van der Waals surface area contributed by atoms with E-state index < -0.39 is 0 Å². The lowest BCUT2D eigenvalue weighted by Crippen LogP contribution is -1.88. The largest absolute Gasteiger partial charge is 0.245 e. The lowest BCUT2D eigenvalue weighted by atomic mass is 10.2. The van der Waals surface area contributed by atoms with Gasteiger partial charge < -0.3 is 0 Å². The van der Waals surface area contributed by atoms with Gasteiger partial charge in [-0.05, 0) is 11.6 Å². The monoisotopic (exact) mass is 261 g/mol. The summed E-state index contributed by atoms with van der Waals surface area (Å²) in [7, 11) is 0. The van der Waals surface area contributed by atoms with E-state index in [9.17, 15) is 0 Å². The quantitative estimate of drug-likeness (QED) is 0.796. The van der Waals surface area contributed by atoms with Gasteiger partial charge in [0.05, 0.1) is 12.4 Å². The Bertz CT molecular complexity index is 548. The second-order valence-electron chi connectivity index (χ2n) is 3.23. The molecule has 0 atom stereocenters. The molecule has 0 spiro atoms. The summed E-state index contributed by atoms with van der Waals surface area (Å²) in [5, 5.41) is 10.1. The van der Waals surface area contributed by atoms with Crippen LogP contribution >= 0.6 is 23.4 Å². The van der Waals surface area contributed by atoms with E-state index in [0.29, 0.717) is 5.69 Å². The first-order valence-electron chi connectivity index (χ1n) is 4.88. The summed E-state index contributed by atoms with van der Waals surface area (Å²) in [6, 6.07) is 9.63. The first-order chi connectivity index (χ1) is 8.29. The molecule has 0 bridgehead atoms. The number of thioether (sulfide) groups is 1. The molecular weight excluding hydrogens is 254 g/mol. The van der Waals surface area contributed by atoms with E-state index in [4.69, 9.17) is 16.9 Å². The molecular formula is C12H8ClN3S. The van der Waals surface area contributed by atoms with E-state index in [-0.39, 0.29) is 0 Å².